The van der Waals surface area contributed by atoms with E-state index >= 15 is 0 Å². The minimum Gasteiger partial charge on any atom is -0.494 e. The van der Waals surface area contributed by atoms with E-state index < -0.39 is 0 Å². The number of ether oxygens (including phenoxy) is 1. The van der Waals surface area contributed by atoms with Gasteiger partial charge in [-0.2, -0.15) is 0 Å². The summed E-state index contributed by atoms with van der Waals surface area (Å²) in [6.45, 7) is 3.32. The van der Waals surface area contributed by atoms with Gasteiger partial charge in [0.05, 0.1) is 12.8 Å². The molecular formula is C19H25N3O2. The molecule has 0 spiro atoms. The van der Waals surface area contributed by atoms with Crippen molar-refractivity contribution in [1.29, 1.82) is 0 Å². The summed E-state index contributed by atoms with van der Waals surface area (Å²) >= 11 is 0. The van der Waals surface area contributed by atoms with Crippen LogP contribution in [-0.4, -0.2) is 54.5 Å². The van der Waals surface area contributed by atoms with Gasteiger partial charge in [-0.3, -0.25) is 9.69 Å². The van der Waals surface area contributed by atoms with Gasteiger partial charge in [-0.25, -0.2) is 4.98 Å². The molecule has 0 aliphatic carbocycles. The predicted molar refractivity (Wildman–Crippen MR) is 95.1 cm³/mol. The van der Waals surface area contributed by atoms with Gasteiger partial charge >= 0.3 is 0 Å². The lowest BCUT2D eigenvalue weighted by molar-refractivity contribution is -0.133. The second kappa shape index (κ2) is 7.62. The molecule has 1 aliphatic rings. The van der Waals surface area contributed by atoms with Crippen LogP contribution in [-0.2, 0) is 11.3 Å². The first kappa shape index (κ1) is 16.7. The Kier molecular flexibility index (Phi) is 5.30. The molecule has 1 saturated heterocycles. The van der Waals surface area contributed by atoms with Crippen LogP contribution in [0.15, 0.2) is 30.3 Å². The van der Waals surface area contributed by atoms with Crippen LogP contribution >= 0.6 is 0 Å². The number of carbonyl (C=O) groups excluding carboxylic acids is 1. The lowest BCUT2D eigenvalue weighted by Gasteiger charge is -2.28. The van der Waals surface area contributed by atoms with Gasteiger partial charge in [-0.05, 0) is 32.0 Å². The molecule has 0 saturated carbocycles. The van der Waals surface area contributed by atoms with Gasteiger partial charge < -0.3 is 9.64 Å². The van der Waals surface area contributed by atoms with Crippen molar-refractivity contribution in [3.05, 3.63) is 36.0 Å². The fourth-order valence-electron chi connectivity index (χ4n) is 3.16. The van der Waals surface area contributed by atoms with E-state index in [0.29, 0.717) is 12.3 Å². The SMILES string of the molecule is COc1cccc2ccc(CN(C)CCN3CCCCC3=O)nc12. The number of piperidine rings is 1. The molecule has 0 radical (unpaired) electrons. The molecule has 0 N–H and O–H groups in total. The molecular weight excluding hydrogens is 302 g/mol. The molecule has 0 atom stereocenters. The van der Waals surface area contributed by atoms with Gasteiger partial charge in [-0.1, -0.05) is 18.2 Å². The number of methoxy groups -OCH3 is 1. The molecule has 1 amide bonds. The molecule has 1 aliphatic heterocycles. The molecule has 5 nitrogen and oxygen atoms in total. The highest BCUT2D eigenvalue weighted by Gasteiger charge is 2.18. The third-order valence-electron chi connectivity index (χ3n) is 4.57. The van der Waals surface area contributed by atoms with Gasteiger partial charge in [0.2, 0.25) is 5.91 Å². The zero-order chi connectivity index (χ0) is 16.9. The Balaban J connectivity index is 1.62. The summed E-state index contributed by atoms with van der Waals surface area (Å²) in [7, 11) is 3.74. The van der Waals surface area contributed by atoms with Crippen LogP contribution in [0.4, 0.5) is 0 Å². The molecule has 128 valence electrons. The summed E-state index contributed by atoms with van der Waals surface area (Å²) in [4.78, 5) is 20.8. The molecule has 0 bridgehead atoms. The zero-order valence-electron chi connectivity index (χ0n) is 14.5. The van der Waals surface area contributed by atoms with E-state index in [4.69, 9.17) is 9.72 Å². The van der Waals surface area contributed by atoms with Crippen LogP contribution in [0.1, 0.15) is 25.0 Å². The Hall–Kier alpha value is -2.14. The third-order valence-corrected chi connectivity index (χ3v) is 4.57. The molecule has 5 heteroatoms. The molecule has 24 heavy (non-hydrogen) atoms. The van der Waals surface area contributed by atoms with E-state index in [1.54, 1.807) is 7.11 Å². The highest BCUT2D eigenvalue weighted by Crippen LogP contribution is 2.23. The minimum absolute atomic E-state index is 0.295. The van der Waals surface area contributed by atoms with E-state index in [2.05, 4.69) is 24.1 Å². The van der Waals surface area contributed by atoms with Crippen LogP contribution < -0.4 is 4.74 Å². The normalized spacial score (nSPS) is 15.3. The number of nitrogens with zero attached hydrogens (tertiary/aromatic N) is 3. The maximum atomic E-state index is 11.9. The number of pyridine rings is 1. The lowest BCUT2D eigenvalue weighted by Crippen LogP contribution is -2.40. The van der Waals surface area contributed by atoms with Gasteiger partial charge in [0.15, 0.2) is 0 Å². The highest BCUT2D eigenvalue weighted by molar-refractivity contribution is 5.84. The summed E-state index contributed by atoms with van der Waals surface area (Å²) in [6, 6.07) is 10.1. The number of rotatable bonds is 6. The van der Waals surface area contributed by atoms with Gasteiger partial charge in [0.1, 0.15) is 11.3 Å². The molecule has 1 aromatic heterocycles. The average Bonchev–Trinajstić information content (AvgIpc) is 2.60. The topological polar surface area (TPSA) is 45.7 Å². The lowest BCUT2D eigenvalue weighted by atomic mass is 10.1. The van der Waals surface area contributed by atoms with Crippen molar-refractivity contribution in [2.75, 3.05) is 33.8 Å². The second-order valence-corrected chi connectivity index (χ2v) is 6.41. The van der Waals surface area contributed by atoms with E-state index in [-0.39, 0.29) is 0 Å². The Morgan fingerprint density at radius 2 is 2.12 bits per heavy atom. The molecule has 2 heterocycles. The zero-order valence-corrected chi connectivity index (χ0v) is 14.5. The van der Waals surface area contributed by atoms with Crippen molar-refractivity contribution >= 4 is 16.8 Å². The predicted octanol–water partition coefficient (Wildman–Crippen LogP) is 2.69. The molecule has 2 aromatic rings. The van der Waals surface area contributed by atoms with Gasteiger partial charge in [-0.15, -0.1) is 0 Å². The summed E-state index contributed by atoms with van der Waals surface area (Å²) in [5.74, 6) is 1.10. The number of carbonyl (C=O) groups is 1. The summed E-state index contributed by atoms with van der Waals surface area (Å²) in [5, 5.41) is 1.08. The average molecular weight is 327 g/mol. The van der Waals surface area contributed by atoms with Crippen molar-refractivity contribution in [3.8, 4) is 5.75 Å². The van der Waals surface area contributed by atoms with Crippen LogP contribution in [0.2, 0.25) is 0 Å². The number of hydrogen-bond acceptors (Lipinski definition) is 4. The van der Waals surface area contributed by atoms with Crippen molar-refractivity contribution < 1.29 is 9.53 Å². The van der Waals surface area contributed by atoms with E-state index in [1.807, 2.05) is 23.1 Å². The Morgan fingerprint density at radius 1 is 1.25 bits per heavy atom. The number of hydrogen-bond donors (Lipinski definition) is 0. The highest BCUT2D eigenvalue weighted by atomic mass is 16.5. The number of aromatic nitrogens is 1. The van der Waals surface area contributed by atoms with Crippen molar-refractivity contribution in [3.63, 3.8) is 0 Å². The molecule has 1 fully saturated rings. The number of benzene rings is 1. The Morgan fingerprint density at radius 3 is 2.92 bits per heavy atom. The largest absolute Gasteiger partial charge is 0.494 e. The summed E-state index contributed by atoms with van der Waals surface area (Å²) in [5.41, 5.74) is 1.91. The maximum Gasteiger partial charge on any atom is 0.222 e. The Labute approximate surface area is 143 Å². The number of fused-ring (bicyclic) bond motifs is 1. The van der Waals surface area contributed by atoms with Crippen LogP contribution in [0, 0.1) is 0 Å². The van der Waals surface area contributed by atoms with Crippen molar-refractivity contribution in [2.24, 2.45) is 0 Å². The molecule has 0 unspecified atom stereocenters. The summed E-state index contributed by atoms with van der Waals surface area (Å²) < 4.78 is 5.41. The Bertz CT molecular complexity index is 717. The number of likely N-dealkylation sites (tertiary alicyclic amines) is 1. The summed E-state index contributed by atoms with van der Waals surface area (Å²) in [6.07, 6.45) is 2.87. The van der Waals surface area contributed by atoms with Crippen LogP contribution in [0.5, 0.6) is 5.75 Å². The standard InChI is InChI=1S/C19H25N3O2/c1-21(12-13-22-11-4-3-8-18(22)23)14-16-10-9-15-6-5-7-17(24-2)19(15)20-16/h5-7,9-10H,3-4,8,11-14H2,1-2H3. The van der Waals surface area contributed by atoms with E-state index in [1.165, 1.54) is 0 Å². The van der Waals surface area contributed by atoms with Gasteiger partial charge in [0.25, 0.3) is 0 Å². The first-order chi connectivity index (χ1) is 11.7. The van der Waals surface area contributed by atoms with Gasteiger partial charge in [0, 0.05) is 38.0 Å². The van der Waals surface area contributed by atoms with E-state index in [0.717, 1.165) is 61.4 Å². The van der Waals surface area contributed by atoms with E-state index in [9.17, 15) is 4.79 Å². The monoisotopic (exact) mass is 327 g/mol. The van der Waals surface area contributed by atoms with Crippen LogP contribution in [0.25, 0.3) is 10.9 Å². The first-order valence-corrected chi connectivity index (χ1v) is 8.56. The fraction of sp³-hybridized carbons (Fsp3) is 0.474. The minimum atomic E-state index is 0.295. The van der Waals surface area contributed by atoms with Crippen molar-refractivity contribution in [2.45, 2.75) is 25.8 Å². The fourth-order valence-corrected chi connectivity index (χ4v) is 3.16. The maximum absolute atomic E-state index is 11.9. The second-order valence-electron chi connectivity index (χ2n) is 6.41. The smallest absolute Gasteiger partial charge is 0.222 e. The first-order valence-electron chi connectivity index (χ1n) is 8.56. The number of likely N-dealkylation sites (N-methyl/N-ethyl adjacent to an activating group) is 1. The third kappa shape index (κ3) is 3.85. The van der Waals surface area contributed by atoms with Crippen LogP contribution in [0.3, 0.4) is 0 Å². The number of para-hydroxylation sites is 1. The molecule has 3 rings (SSSR count). The quantitative estimate of drug-likeness (QED) is 0.818. The number of amides is 1. The molecule has 1 aromatic carbocycles. The van der Waals surface area contributed by atoms with Crippen molar-refractivity contribution in [1.82, 2.24) is 14.8 Å².